The van der Waals surface area contributed by atoms with Gasteiger partial charge in [0.25, 0.3) is 0 Å². The van der Waals surface area contributed by atoms with Crippen LogP contribution in [0.15, 0.2) is 65.4 Å². The normalized spacial score (nSPS) is 10.6. The molecule has 0 bridgehead atoms. The van der Waals surface area contributed by atoms with Gasteiger partial charge in [0.2, 0.25) is 11.8 Å². The van der Waals surface area contributed by atoms with Crippen molar-refractivity contribution in [2.24, 2.45) is 0 Å². The van der Waals surface area contributed by atoms with Crippen molar-refractivity contribution in [3.63, 3.8) is 0 Å². The number of hydrogen-bond donors (Lipinski definition) is 1. The molecule has 148 valence electrons. The highest BCUT2D eigenvalue weighted by atomic mass is 16.5. The molecule has 2 heterocycles. The van der Waals surface area contributed by atoms with Crippen molar-refractivity contribution in [1.29, 1.82) is 5.26 Å². The SMILES string of the molecule is Cc1ccc2c(CC(=O)Nc3ccc(Oc4ncccc4C#N)cc3C)coc2c1. The fraction of sp³-hybridized carbons (Fsp3) is 0.125. The number of nitrogens with one attached hydrogen (secondary N) is 1. The smallest absolute Gasteiger partial charge is 0.237 e. The minimum Gasteiger partial charge on any atom is -0.464 e. The van der Waals surface area contributed by atoms with Gasteiger partial charge in [-0.15, -0.1) is 0 Å². The Balaban J connectivity index is 1.47. The highest BCUT2D eigenvalue weighted by molar-refractivity contribution is 5.96. The third kappa shape index (κ3) is 4.01. The van der Waals surface area contributed by atoms with E-state index < -0.39 is 0 Å². The molecule has 6 nitrogen and oxygen atoms in total. The van der Waals surface area contributed by atoms with Gasteiger partial charge in [0, 0.05) is 22.8 Å². The van der Waals surface area contributed by atoms with Gasteiger partial charge in [-0.3, -0.25) is 4.79 Å². The van der Waals surface area contributed by atoms with E-state index in [-0.39, 0.29) is 18.2 Å². The quantitative estimate of drug-likeness (QED) is 0.494. The zero-order chi connectivity index (χ0) is 21.1. The molecule has 0 fully saturated rings. The fourth-order valence-corrected chi connectivity index (χ4v) is 3.20. The van der Waals surface area contributed by atoms with Gasteiger partial charge in [0.05, 0.1) is 12.7 Å². The number of amides is 1. The number of nitrogens with zero attached hydrogens (tertiary/aromatic N) is 2. The van der Waals surface area contributed by atoms with Crippen molar-refractivity contribution in [2.75, 3.05) is 5.32 Å². The minimum atomic E-state index is -0.133. The molecule has 0 spiro atoms. The van der Waals surface area contributed by atoms with Crippen LogP contribution >= 0.6 is 0 Å². The summed E-state index contributed by atoms with van der Waals surface area (Å²) in [6.45, 7) is 3.88. The minimum absolute atomic E-state index is 0.133. The number of carbonyl (C=O) groups is 1. The molecule has 4 rings (SSSR count). The van der Waals surface area contributed by atoms with E-state index in [0.717, 1.165) is 27.7 Å². The fourth-order valence-electron chi connectivity index (χ4n) is 3.20. The summed E-state index contributed by atoms with van der Waals surface area (Å²) in [5.41, 5.74) is 4.62. The number of benzene rings is 2. The summed E-state index contributed by atoms with van der Waals surface area (Å²) >= 11 is 0. The van der Waals surface area contributed by atoms with Crippen LogP contribution in [0.5, 0.6) is 11.6 Å². The van der Waals surface area contributed by atoms with E-state index in [1.807, 2.05) is 32.0 Å². The molecule has 0 saturated carbocycles. The summed E-state index contributed by atoms with van der Waals surface area (Å²) in [6.07, 6.45) is 3.42. The molecule has 0 aliphatic heterocycles. The average Bonchev–Trinajstić information content (AvgIpc) is 3.12. The molecule has 0 aliphatic carbocycles. The van der Waals surface area contributed by atoms with Gasteiger partial charge in [-0.05, 0) is 61.4 Å². The number of anilines is 1. The lowest BCUT2D eigenvalue weighted by Gasteiger charge is -2.11. The Bertz CT molecular complexity index is 1280. The maximum atomic E-state index is 12.6. The number of aryl methyl sites for hydroxylation is 2. The van der Waals surface area contributed by atoms with Crippen LogP contribution in [0.4, 0.5) is 5.69 Å². The summed E-state index contributed by atoms with van der Waals surface area (Å²) in [4.78, 5) is 16.7. The summed E-state index contributed by atoms with van der Waals surface area (Å²) in [5.74, 6) is 0.654. The van der Waals surface area contributed by atoms with Gasteiger partial charge >= 0.3 is 0 Å². The number of carbonyl (C=O) groups excluding carboxylic acids is 1. The zero-order valence-electron chi connectivity index (χ0n) is 16.6. The molecular formula is C24H19N3O3. The number of pyridine rings is 1. The zero-order valence-corrected chi connectivity index (χ0v) is 16.6. The van der Waals surface area contributed by atoms with Crippen LogP contribution in [-0.4, -0.2) is 10.9 Å². The van der Waals surface area contributed by atoms with E-state index in [1.54, 1.807) is 42.8 Å². The van der Waals surface area contributed by atoms with Crippen molar-refractivity contribution in [3.05, 3.63) is 83.2 Å². The Hall–Kier alpha value is -4.11. The molecule has 0 atom stereocenters. The standard InChI is InChI=1S/C24H19N3O3/c1-15-5-7-20-18(14-29-22(20)10-15)12-23(28)27-21-8-6-19(11-16(21)2)30-24-17(13-25)4-3-9-26-24/h3-11,14H,12H2,1-2H3,(H,27,28). The lowest BCUT2D eigenvalue weighted by molar-refractivity contribution is -0.115. The second-order valence-corrected chi connectivity index (χ2v) is 7.03. The van der Waals surface area contributed by atoms with E-state index in [1.165, 1.54) is 0 Å². The van der Waals surface area contributed by atoms with Gasteiger partial charge in [0.1, 0.15) is 23.0 Å². The van der Waals surface area contributed by atoms with Crippen LogP contribution in [0, 0.1) is 25.2 Å². The van der Waals surface area contributed by atoms with Crippen molar-refractivity contribution < 1.29 is 13.9 Å². The Morgan fingerprint density at radius 3 is 2.87 bits per heavy atom. The maximum Gasteiger partial charge on any atom is 0.237 e. The molecule has 1 N–H and O–H groups in total. The summed E-state index contributed by atoms with van der Waals surface area (Å²) < 4.78 is 11.3. The number of ether oxygens (including phenoxy) is 1. The molecular weight excluding hydrogens is 378 g/mol. The van der Waals surface area contributed by atoms with E-state index >= 15 is 0 Å². The topological polar surface area (TPSA) is 88.1 Å². The molecule has 0 saturated heterocycles. The van der Waals surface area contributed by atoms with Crippen molar-refractivity contribution >= 4 is 22.6 Å². The van der Waals surface area contributed by atoms with Gasteiger partial charge in [-0.2, -0.15) is 5.26 Å². The summed E-state index contributed by atoms with van der Waals surface area (Å²) in [5, 5.41) is 13.0. The molecule has 6 heteroatoms. The van der Waals surface area contributed by atoms with Crippen molar-refractivity contribution in [2.45, 2.75) is 20.3 Å². The Kier molecular flexibility index (Phi) is 5.19. The molecule has 1 amide bonds. The molecule has 2 aromatic heterocycles. The first kappa shape index (κ1) is 19.2. The Morgan fingerprint density at radius 1 is 1.20 bits per heavy atom. The number of hydrogen-bond acceptors (Lipinski definition) is 5. The summed E-state index contributed by atoms with van der Waals surface area (Å²) in [7, 11) is 0. The van der Waals surface area contributed by atoms with E-state index in [2.05, 4.69) is 16.4 Å². The van der Waals surface area contributed by atoms with Crippen LogP contribution in [0.1, 0.15) is 22.3 Å². The lowest BCUT2D eigenvalue weighted by Crippen LogP contribution is -2.15. The van der Waals surface area contributed by atoms with Gasteiger partial charge < -0.3 is 14.5 Å². The Morgan fingerprint density at radius 2 is 2.07 bits per heavy atom. The number of aromatic nitrogens is 1. The van der Waals surface area contributed by atoms with Crippen LogP contribution in [0.3, 0.4) is 0 Å². The first-order valence-corrected chi connectivity index (χ1v) is 9.43. The van der Waals surface area contributed by atoms with Crippen molar-refractivity contribution in [3.8, 4) is 17.7 Å². The summed E-state index contributed by atoms with van der Waals surface area (Å²) in [6, 6.07) is 16.6. The number of nitriles is 1. The van der Waals surface area contributed by atoms with E-state index in [0.29, 0.717) is 17.0 Å². The number of furan rings is 1. The van der Waals surface area contributed by atoms with Crippen LogP contribution in [-0.2, 0) is 11.2 Å². The first-order chi connectivity index (χ1) is 14.5. The average molecular weight is 397 g/mol. The number of fused-ring (bicyclic) bond motifs is 1. The third-order valence-electron chi connectivity index (χ3n) is 4.74. The molecule has 0 radical (unpaired) electrons. The van der Waals surface area contributed by atoms with Gasteiger partial charge in [0.15, 0.2) is 0 Å². The molecule has 30 heavy (non-hydrogen) atoms. The molecule has 0 aliphatic rings. The predicted molar refractivity (Wildman–Crippen MR) is 113 cm³/mol. The lowest BCUT2D eigenvalue weighted by atomic mass is 10.1. The largest absolute Gasteiger partial charge is 0.464 e. The third-order valence-corrected chi connectivity index (χ3v) is 4.74. The molecule has 2 aromatic carbocycles. The first-order valence-electron chi connectivity index (χ1n) is 9.43. The van der Waals surface area contributed by atoms with Crippen LogP contribution in [0.25, 0.3) is 11.0 Å². The monoisotopic (exact) mass is 397 g/mol. The highest BCUT2D eigenvalue weighted by Gasteiger charge is 2.13. The van der Waals surface area contributed by atoms with Crippen molar-refractivity contribution in [1.82, 2.24) is 4.98 Å². The van der Waals surface area contributed by atoms with E-state index in [4.69, 9.17) is 14.4 Å². The van der Waals surface area contributed by atoms with Gasteiger partial charge in [-0.25, -0.2) is 4.98 Å². The van der Waals surface area contributed by atoms with E-state index in [9.17, 15) is 4.79 Å². The van der Waals surface area contributed by atoms with Crippen LogP contribution < -0.4 is 10.1 Å². The molecule has 4 aromatic rings. The second-order valence-electron chi connectivity index (χ2n) is 7.03. The van der Waals surface area contributed by atoms with Crippen LogP contribution in [0.2, 0.25) is 0 Å². The second kappa shape index (κ2) is 8.10. The highest BCUT2D eigenvalue weighted by Crippen LogP contribution is 2.27. The predicted octanol–water partition coefficient (Wildman–Crippen LogP) is 5.29. The molecule has 0 unspecified atom stereocenters. The maximum absolute atomic E-state index is 12.6. The Labute approximate surface area is 173 Å². The van der Waals surface area contributed by atoms with Gasteiger partial charge in [-0.1, -0.05) is 12.1 Å². The number of rotatable bonds is 5.